The summed E-state index contributed by atoms with van der Waals surface area (Å²) in [4.78, 5) is 16.7. The van der Waals surface area contributed by atoms with Crippen LogP contribution in [0.5, 0.6) is 0 Å². The van der Waals surface area contributed by atoms with Crippen LogP contribution >= 0.6 is 11.8 Å². The van der Waals surface area contributed by atoms with Gasteiger partial charge in [0, 0.05) is 40.3 Å². The molecule has 52 heavy (non-hydrogen) atoms. The fourth-order valence-corrected chi connectivity index (χ4v) is 8.53. The zero-order chi connectivity index (χ0) is 36.1. The van der Waals surface area contributed by atoms with Crippen LogP contribution in [0.15, 0.2) is 149 Å². The number of fused-ring (bicyclic) bond motifs is 1. The van der Waals surface area contributed by atoms with Gasteiger partial charge in [-0.15, -0.1) is 11.8 Å². The van der Waals surface area contributed by atoms with Gasteiger partial charge in [0.2, 0.25) is 10.0 Å². The Morgan fingerprint density at radius 3 is 2.15 bits per heavy atom. The molecule has 0 amide bonds. The molecular formula is C41H36N2O7S2. The third-order valence-corrected chi connectivity index (χ3v) is 11.6. The number of carboxylic acid groups (broad SMARTS) is 1. The number of sulfonamides is 1. The fraction of sp³-hybridized carbons (Fsp3) is 0.171. The first kappa shape index (κ1) is 35.5. The van der Waals surface area contributed by atoms with E-state index in [0.717, 1.165) is 38.1 Å². The van der Waals surface area contributed by atoms with E-state index >= 15 is 0 Å². The Balaban J connectivity index is 1.15. The summed E-state index contributed by atoms with van der Waals surface area (Å²) >= 11 is 1.58. The summed E-state index contributed by atoms with van der Waals surface area (Å²) in [6, 6.07) is 40.8. The first-order chi connectivity index (χ1) is 25.3. The van der Waals surface area contributed by atoms with Crippen molar-refractivity contribution in [2.75, 3.05) is 5.75 Å². The number of para-hydroxylation sites is 1. The van der Waals surface area contributed by atoms with E-state index in [0.29, 0.717) is 11.3 Å². The van der Waals surface area contributed by atoms with Crippen LogP contribution < -0.4 is 4.72 Å². The van der Waals surface area contributed by atoms with Gasteiger partial charge in [0.1, 0.15) is 4.90 Å². The lowest BCUT2D eigenvalue weighted by atomic mass is 9.84. The van der Waals surface area contributed by atoms with Crippen molar-refractivity contribution in [1.82, 2.24) is 9.71 Å². The highest BCUT2D eigenvalue weighted by Crippen LogP contribution is 2.48. The van der Waals surface area contributed by atoms with Gasteiger partial charge in [-0.05, 0) is 58.7 Å². The molecule has 1 aliphatic rings. The average Bonchev–Trinajstić information content (AvgIpc) is 3.19. The molecule has 1 aliphatic heterocycles. The molecule has 0 aliphatic carbocycles. The summed E-state index contributed by atoms with van der Waals surface area (Å²) in [5.41, 5.74) is 4.95. The minimum atomic E-state index is -3.84. The highest BCUT2D eigenvalue weighted by Gasteiger charge is 2.42. The molecule has 9 nitrogen and oxygen atoms in total. The largest absolute Gasteiger partial charge is 0.478 e. The topological polar surface area (TPSA) is 135 Å². The average molecular weight is 733 g/mol. The molecule has 5 aromatic carbocycles. The number of ether oxygens (including phenoxy) is 2. The van der Waals surface area contributed by atoms with Gasteiger partial charge in [0.25, 0.3) is 0 Å². The van der Waals surface area contributed by atoms with Gasteiger partial charge < -0.3 is 19.7 Å². The van der Waals surface area contributed by atoms with E-state index in [4.69, 9.17) is 9.47 Å². The van der Waals surface area contributed by atoms with E-state index in [1.165, 1.54) is 0 Å². The molecule has 2 heterocycles. The first-order valence-corrected chi connectivity index (χ1v) is 19.2. The monoisotopic (exact) mass is 732 g/mol. The molecular weight excluding hydrogens is 697 g/mol. The number of carboxylic acids is 1. The molecule has 0 radical (unpaired) electrons. The maximum atomic E-state index is 13.3. The molecule has 1 fully saturated rings. The summed E-state index contributed by atoms with van der Waals surface area (Å²) in [5.74, 6) is -0.614. The molecule has 7 rings (SSSR count). The first-order valence-electron chi connectivity index (χ1n) is 16.7. The second-order valence-corrected chi connectivity index (χ2v) is 15.3. The second kappa shape index (κ2) is 15.8. The van der Waals surface area contributed by atoms with Crippen LogP contribution in [0.1, 0.15) is 56.5 Å². The SMILES string of the molecule is O=C(O)c1ccc(SC[C@H]2OC(c3ccc(CNS(=O)(=O)c4cccc5cccnc45)cc3)O[C@@H](c3ccc(CO)cc3)[C@@H]2c2ccccc2)cc1. The van der Waals surface area contributed by atoms with E-state index in [9.17, 15) is 23.4 Å². The lowest BCUT2D eigenvalue weighted by Crippen LogP contribution is -2.38. The van der Waals surface area contributed by atoms with Crippen molar-refractivity contribution in [3.8, 4) is 0 Å². The Hall–Kier alpha value is -4.88. The number of aromatic nitrogens is 1. The number of pyridine rings is 1. The molecule has 11 heteroatoms. The number of hydrogen-bond acceptors (Lipinski definition) is 8. The normalized spacial score (nSPS) is 19.0. The van der Waals surface area contributed by atoms with Gasteiger partial charge in [-0.25, -0.2) is 17.9 Å². The predicted octanol–water partition coefficient (Wildman–Crippen LogP) is 7.64. The molecule has 1 unspecified atom stereocenters. The van der Waals surface area contributed by atoms with Crippen LogP contribution in [0, 0.1) is 0 Å². The zero-order valence-corrected chi connectivity index (χ0v) is 29.5. The number of benzene rings is 5. The van der Waals surface area contributed by atoms with Crippen LogP contribution in [0.2, 0.25) is 0 Å². The van der Waals surface area contributed by atoms with Gasteiger partial charge in [0.05, 0.1) is 29.9 Å². The van der Waals surface area contributed by atoms with Crippen LogP contribution in [-0.4, -0.2) is 41.4 Å². The highest BCUT2D eigenvalue weighted by atomic mass is 32.2. The van der Waals surface area contributed by atoms with E-state index in [1.54, 1.807) is 60.4 Å². The maximum Gasteiger partial charge on any atom is 0.335 e. The number of hydrogen-bond donors (Lipinski definition) is 3. The molecule has 6 aromatic rings. The van der Waals surface area contributed by atoms with Crippen molar-refractivity contribution in [1.29, 1.82) is 0 Å². The predicted molar refractivity (Wildman–Crippen MR) is 199 cm³/mol. The summed E-state index contributed by atoms with van der Waals surface area (Å²) < 4.78 is 42.9. The Labute approximate surface area is 306 Å². The van der Waals surface area contributed by atoms with E-state index in [2.05, 4.69) is 21.8 Å². The van der Waals surface area contributed by atoms with Crippen molar-refractivity contribution < 1.29 is 32.9 Å². The number of carbonyl (C=O) groups is 1. The molecule has 4 atom stereocenters. The minimum Gasteiger partial charge on any atom is -0.478 e. The smallest absolute Gasteiger partial charge is 0.335 e. The lowest BCUT2D eigenvalue weighted by Gasteiger charge is -2.43. The van der Waals surface area contributed by atoms with E-state index in [1.807, 2.05) is 78.9 Å². The summed E-state index contributed by atoms with van der Waals surface area (Å²) in [5, 5.41) is 19.8. The number of aliphatic hydroxyl groups is 1. The Bertz CT molecular complexity index is 2250. The second-order valence-electron chi connectivity index (χ2n) is 12.4. The number of aliphatic hydroxyl groups excluding tert-OH is 1. The number of nitrogens with zero attached hydrogens (tertiary/aromatic N) is 1. The van der Waals surface area contributed by atoms with E-state index in [-0.39, 0.29) is 35.6 Å². The van der Waals surface area contributed by atoms with Crippen molar-refractivity contribution in [2.45, 2.75) is 47.4 Å². The summed E-state index contributed by atoms with van der Waals surface area (Å²) in [7, 11) is -3.84. The van der Waals surface area contributed by atoms with Crippen LogP contribution in [0.25, 0.3) is 10.9 Å². The van der Waals surface area contributed by atoms with Gasteiger partial charge in [0.15, 0.2) is 6.29 Å². The van der Waals surface area contributed by atoms with Crippen LogP contribution in [0.3, 0.4) is 0 Å². The number of aromatic carboxylic acids is 1. The molecule has 0 saturated carbocycles. The van der Waals surface area contributed by atoms with Crippen LogP contribution in [0.4, 0.5) is 0 Å². The fourth-order valence-electron chi connectivity index (χ4n) is 6.37. The van der Waals surface area contributed by atoms with Crippen molar-refractivity contribution in [2.24, 2.45) is 0 Å². The molecule has 264 valence electrons. The highest BCUT2D eigenvalue weighted by molar-refractivity contribution is 7.99. The Kier molecular flexibility index (Phi) is 10.8. The molecule has 0 bridgehead atoms. The number of nitrogens with one attached hydrogen (secondary N) is 1. The van der Waals surface area contributed by atoms with Crippen molar-refractivity contribution in [3.63, 3.8) is 0 Å². The molecule has 1 aromatic heterocycles. The standard InChI is InChI=1S/C41H36N2O7S2/c44-25-28-13-15-31(16-14-28)39-37(29-6-2-1-3-7-29)35(26-51-34-21-19-32(20-22-34)40(45)46)49-41(50-39)33-17-11-27(12-18-33)24-43-52(47,48)36-10-4-8-30-9-5-23-42-38(30)36/h1-23,35,37,39,41,43-44H,24-26H2,(H,45,46)/t35-,37-,39+,41?/m1/s1. The van der Waals surface area contributed by atoms with Gasteiger partial charge >= 0.3 is 5.97 Å². The quantitative estimate of drug-likeness (QED) is 0.109. The molecule has 0 spiro atoms. The van der Waals surface area contributed by atoms with Crippen molar-refractivity contribution >= 4 is 38.7 Å². The minimum absolute atomic E-state index is 0.0685. The zero-order valence-electron chi connectivity index (χ0n) is 27.9. The van der Waals surface area contributed by atoms with Gasteiger partial charge in [-0.3, -0.25) is 4.98 Å². The Morgan fingerprint density at radius 2 is 1.44 bits per heavy atom. The lowest BCUT2D eigenvalue weighted by molar-refractivity contribution is -0.255. The summed E-state index contributed by atoms with van der Waals surface area (Å²) in [6.45, 7) is 0.00891. The Morgan fingerprint density at radius 1 is 0.750 bits per heavy atom. The van der Waals surface area contributed by atoms with Gasteiger partial charge in [-0.1, -0.05) is 97.1 Å². The number of thioether (sulfide) groups is 1. The van der Waals surface area contributed by atoms with E-state index < -0.39 is 28.4 Å². The molecule has 3 N–H and O–H groups in total. The van der Waals surface area contributed by atoms with Gasteiger partial charge in [-0.2, -0.15) is 0 Å². The maximum absolute atomic E-state index is 13.3. The third-order valence-electron chi connectivity index (χ3n) is 9.09. The third kappa shape index (κ3) is 7.95. The summed E-state index contributed by atoms with van der Waals surface area (Å²) in [6.07, 6.45) is 0.104. The van der Waals surface area contributed by atoms with Crippen LogP contribution in [-0.2, 0) is 32.6 Å². The number of rotatable bonds is 12. The van der Waals surface area contributed by atoms with Crippen molar-refractivity contribution in [3.05, 3.63) is 173 Å². The molecule has 1 saturated heterocycles.